The molecule has 0 aliphatic rings. The van der Waals surface area contributed by atoms with Gasteiger partial charge < -0.3 is 9.47 Å². The van der Waals surface area contributed by atoms with Gasteiger partial charge in [0.2, 0.25) is 5.88 Å². The van der Waals surface area contributed by atoms with Crippen LogP contribution in [-0.4, -0.2) is 25.2 Å². The molecule has 0 unspecified atom stereocenters. The van der Waals surface area contributed by atoms with Crippen LogP contribution in [0.3, 0.4) is 0 Å². The van der Waals surface area contributed by atoms with Crippen molar-refractivity contribution in [2.75, 3.05) is 14.2 Å². The Hall–Kier alpha value is -1.79. The Bertz CT molecular complexity index is 403. The number of hydrogen-bond acceptors (Lipinski definition) is 4. The second-order valence-electron chi connectivity index (χ2n) is 2.77. The average Bonchev–Trinajstić information content (AvgIpc) is 2.26. The third-order valence-electron chi connectivity index (χ3n) is 1.72. The molecule has 0 aromatic carbocycles. The smallest absolute Gasteiger partial charge is 0.433 e. The van der Waals surface area contributed by atoms with Crippen molar-refractivity contribution in [2.24, 2.45) is 0 Å². The Morgan fingerprint density at radius 2 is 1.94 bits per heavy atom. The minimum atomic E-state index is -4.64. The molecule has 1 aromatic heterocycles. The highest BCUT2D eigenvalue weighted by Gasteiger charge is 2.34. The summed E-state index contributed by atoms with van der Waals surface area (Å²) in [5.41, 5.74) is -1.46. The average molecular weight is 235 g/mol. The van der Waals surface area contributed by atoms with Crippen molar-refractivity contribution in [1.29, 1.82) is 0 Å². The number of alkyl halides is 3. The lowest BCUT2D eigenvalue weighted by molar-refractivity contribution is -0.141. The van der Waals surface area contributed by atoms with Gasteiger partial charge >= 0.3 is 12.1 Å². The number of rotatable bonds is 2. The zero-order valence-corrected chi connectivity index (χ0v) is 8.46. The van der Waals surface area contributed by atoms with E-state index < -0.39 is 17.8 Å². The van der Waals surface area contributed by atoms with Gasteiger partial charge in [0.05, 0.1) is 19.8 Å². The van der Waals surface area contributed by atoms with Crippen molar-refractivity contribution in [3.05, 3.63) is 23.4 Å². The summed E-state index contributed by atoms with van der Waals surface area (Å²) in [4.78, 5) is 14.3. The number of esters is 1. The fourth-order valence-electron chi connectivity index (χ4n) is 0.991. The number of aromatic nitrogens is 1. The molecular formula is C9H8F3NO3. The van der Waals surface area contributed by atoms with Gasteiger partial charge in [-0.3, -0.25) is 0 Å². The number of carbonyl (C=O) groups is 1. The molecule has 4 nitrogen and oxygen atoms in total. The highest BCUT2D eigenvalue weighted by atomic mass is 19.4. The summed E-state index contributed by atoms with van der Waals surface area (Å²) in [6, 6.07) is 1.68. The summed E-state index contributed by atoms with van der Waals surface area (Å²) in [6.45, 7) is 0. The van der Waals surface area contributed by atoms with Crippen LogP contribution in [0.15, 0.2) is 12.1 Å². The van der Waals surface area contributed by atoms with E-state index in [1.807, 2.05) is 0 Å². The van der Waals surface area contributed by atoms with Crippen molar-refractivity contribution >= 4 is 5.97 Å². The molecule has 88 valence electrons. The molecule has 1 heterocycles. The molecule has 0 amide bonds. The number of ether oxygens (including phenoxy) is 2. The second kappa shape index (κ2) is 4.38. The molecular weight excluding hydrogens is 227 g/mol. The van der Waals surface area contributed by atoms with E-state index >= 15 is 0 Å². The van der Waals surface area contributed by atoms with Crippen LogP contribution >= 0.6 is 0 Å². The first-order chi connectivity index (χ1) is 7.38. The fraction of sp³-hybridized carbons (Fsp3) is 0.333. The Kier molecular flexibility index (Phi) is 3.36. The van der Waals surface area contributed by atoms with Gasteiger partial charge in [-0.05, 0) is 6.07 Å². The van der Waals surface area contributed by atoms with Crippen molar-refractivity contribution in [2.45, 2.75) is 6.18 Å². The van der Waals surface area contributed by atoms with Gasteiger partial charge in [-0.1, -0.05) is 0 Å². The quantitative estimate of drug-likeness (QED) is 0.734. The lowest BCUT2D eigenvalue weighted by atomic mass is 10.2. The molecule has 0 fully saturated rings. The predicted molar refractivity (Wildman–Crippen MR) is 47.1 cm³/mol. The van der Waals surface area contributed by atoms with Crippen LogP contribution in [0.5, 0.6) is 5.88 Å². The summed E-state index contributed by atoms with van der Waals surface area (Å²) in [7, 11) is 2.23. The van der Waals surface area contributed by atoms with Crippen LogP contribution in [0.25, 0.3) is 0 Å². The number of methoxy groups -OCH3 is 2. The monoisotopic (exact) mass is 235 g/mol. The van der Waals surface area contributed by atoms with Crippen molar-refractivity contribution < 1.29 is 27.4 Å². The Labute approximate surface area is 89.0 Å². The summed E-state index contributed by atoms with van der Waals surface area (Å²) >= 11 is 0. The first-order valence-electron chi connectivity index (χ1n) is 4.10. The van der Waals surface area contributed by atoms with Gasteiger partial charge in [-0.15, -0.1) is 0 Å². The van der Waals surface area contributed by atoms with Gasteiger partial charge in [-0.2, -0.15) is 13.2 Å². The number of hydrogen-bond donors (Lipinski definition) is 0. The topological polar surface area (TPSA) is 48.4 Å². The van der Waals surface area contributed by atoms with Crippen LogP contribution in [0.1, 0.15) is 16.1 Å². The highest BCUT2D eigenvalue weighted by molar-refractivity contribution is 5.89. The zero-order chi connectivity index (χ0) is 12.3. The Balaban J connectivity index is 3.27. The number of carbonyl (C=O) groups excluding carboxylic acids is 1. The van der Waals surface area contributed by atoms with E-state index in [1.54, 1.807) is 0 Å². The molecule has 1 aromatic rings. The van der Waals surface area contributed by atoms with E-state index in [1.165, 1.54) is 0 Å². The number of nitrogens with zero attached hydrogens (tertiary/aromatic N) is 1. The Morgan fingerprint density at radius 1 is 1.31 bits per heavy atom. The van der Waals surface area contributed by atoms with Gasteiger partial charge in [0.1, 0.15) is 5.69 Å². The molecule has 0 saturated heterocycles. The molecule has 16 heavy (non-hydrogen) atoms. The molecule has 0 radical (unpaired) electrons. The second-order valence-corrected chi connectivity index (χ2v) is 2.77. The number of pyridine rings is 1. The molecule has 0 spiro atoms. The van der Waals surface area contributed by atoms with E-state index in [9.17, 15) is 18.0 Å². The first-order valence-corrected chi connectivity index (χ1v) is 4.10. The van der Waals surface area contributed by atoms with E-state index in [4.69, 9.17) is 0 Å². The summed E-state index contributed by atoms with van der Waals surface area (Å²) in [5, 5.41) is 0. The molecule has 0 aliphatic heterocycles. The predicted octanol–water partition coefficient (Wildman–Crippen LogP) is 1.90. The largest absolute Gasteiger partial charge is 0.481 e. The van der Waals surface area contributed by atoms with E-state index in [-0.39, 0.29) is 11.4 Å². The van der Waals surface area contributed by atoms with Crippen molar-refractivity contribution in [3.8, 4) is 5.88 Å². The van der Waals surface area contributed by atoms with Crippen LogP contribution in [0.2, 0.25) is 0 Å². The first kappa shape index (κ1) is 12.3. The SMILES string of the molecule is COC(=O)c1cc(OC)nc(C(F)(F)F)c1. The van der Waals surface area contributed by atoms with Gasteiger partial charge in [0.25, 0.3) is 0 Å². The summed E-state index contributed by atoms with van der Waals surface area (Å²) < 4.78 is 46.0. The van der Waals surface area contributed by atoms with Gasteiger partial charge in [-0.25, -0.2) is 9.78 Å². The standard InChI is InChI=1S/C9H8F3NO3/c1-15-7-4-5(8(14)16-2)3-6(13-7)9(10,11)12/h3-4H,1-2H3. The van der Waals surface area contributed by atoms with Crippen LogP contribution in [0, 0.1) is 0 Å². The highest BCUT2D eigenvalue weighted by Crippen LogP contribution is 2.30. The van der Waals surface area contributed by atoms with E-state index in [0.717, 1.165) is 20.3 Å². The van der Waals surface area contributed by atoms with Gasteiger partial charge in [0.15, 0.2) is 0 Å². The Morgan fingerprint density at radius 3 is 2.38 bits per heavy atom. The van der Waals surface area contributed by atoms with Crippen molar-refractivity contribution in [3.63, 3.8) is 0 Å². The molecule has 0 atom stereocenters. The van der Waals surface area contributed by atoms with Crippen LogP contribution in [-0.2, 0) is 10.9 Å². The fourth-order valence-corrected chi connectivity index (χ4v) is 0.991. The normalized spacial score (nSPS) is 11.1. The maximum absolute atomic E-state index is 12.4. The third-order valence-corrected chi connectivity index (χ3v) is 1.72. The lowest BCUT2D eigenvalue weighted by Crippen LogP contribution is -2.12. The third kappa shape index (κ3) is 2.62. The minimum Gasteiger partial charge on any atom is -0.481 e. The summed E-state index contributed by atoms with van der Waals surface area (Å²) in [5.74, 6) is -1.18. The van der Waals surface area contributed by atoms with Crippen molar-refractivity contribution in [1.82, 2.24) is 4.98 Å². The molecule has 0 bridgehead atoms. The van der Waals surface area contributed by atoms with Gasteiger partial charge in [0, 0.05) is 6.07 Å². The molecule has 0 saturated carbocycles. The zero-order valence-electron chi connectivity index (χ0n) is 8.46. The molecule has 1 rings (SSSR count). The maximum Gasteiger partial charge on any atom is 0.433 e. The summed E-state index contributed by atoms with van der Waals surface area (Å²) in [6.07, 6.45) is -4.64. The molecule has 0 N–H and O–H groups in total. The minimum absolute atomic E-state index is 0.262. The number of halogens is 3. The van der Waals surface area contributed by atoms with Crippen LogP contribution < -0.4 is 4.74 Å². The molecule has 7 heteroatoms. The maximum atomic E-state index is 12.4. The molecule has 0 aliphatic carbocycles. The van der Waals surface area contributed by atoms with E-state index in [2.05, 4.69) is 14.5 Å². The van der Waals surface area contributed by atoms with E-state index in [0.29, 0.717) is 6.07 Å². The lowest BCUT2D eigenvalue weighted by Gasteiger charge is -2.09. The van der Waals surface area contributed by atoms with Crippen LogP contribution in [0.4, 0.5) is 13.2 Å².